The molecule has 0 aliphatic rings. The van der Waals surface area contributed by atoms with Crippen molar-refractivity contribution in [2.45, 2.75) is 19.8 Å². The molecule has 1 aromatic rings. The SMILES string of the molecule is CC(CN(C)C(=O)CCc1cccc(F)c1)C(=O)O. The minimum absolute atomic E-state index is 0.141. The van der Waals surface area contributed by atoms with Crippen LogP contribution >= 0.6 is 0 Å². The molecule has 0 spiro atoms. The number of carboxylic acid groups (broad SMARTS) is 1. The average Bonchev–Trinajstić information content (AvgIpc) is 2.35. The van der Waals surface area contributed by atoms with Crippen LogP contribution in [0.3, 0.4) is 0 Å². The summed E-state index contributed by atoms with van der Waals surface area (Å²) in [5.41, 5.74) is 0.757. The molecule has 1 amide bonds. The van der Waals surface area contributed by atoms with E-state index in [2.05, 4.69) is 0 Å². The summed E-state index contributed by atoms with van der Waals surface area (Å²) in [6.07, 6.45) is 0.689. The standard InChI is InChI=1S/C14H18FNO3/c1-10(14(18)19)9-16(2)13(17)7-6-11-4-3-5-12(15)8-11/h3-5,8,10H,6-7,9H2,1-2H3,(H,18,19). The van der Waals surface area contributed by atoms with Crippen LogP contribution in [0.4, 0.5) is 4.39 Å². The highest BCUT2D eigenvalue weighted by molar-refractivity contribution is 5.77. The number of carbonyl (C=O) groups is 2. The predicted molar refractivity (Wildman–Crippen MR) is 69.2 cm³/mol. The van der Waals surface area contributed by atoms with Crippen LogP contribution < -0.4 is 0 Å². The molecule has 0 saturated carbocycles. The van der Waals surface area contributed by atoms with E-state index in [0.717, 1.165) is 5.56 Å². The van der Waals surface area contributed by atoms with Gasteiger partial charge < -0.3 is 10.0 Å². The quantitative estimate of drug-likeness (QED) is 0.857. The molecule has 0 aliphatic heterocycles. The van der Waals surface area contributed by atoms with Crippen molar-refractivity contribution in [3.63, 3.8) is 0 Å². The van der Waals surface area contributed by atoms with Crippen LogP contribution in [0.1, 0.15) is 18.9 Å². The Morgan fingerprint density at radius 2 is 2.11 bits per heavy atom. The Morgan fingerprint density at radius 1 is 1.42 bits per heavy atom. The molecule has 0 bridgehead atoms. The monoisotopic (exact) mass is 267 g/mol. The smallest absolute Gasteiger partial charge is 0.308 e. The molecule has 0 radical (unpaired) electrons. The molecular formula is C14H18FNO3. The number of halogens is 1. The molecule has 0 heterocycles. The van der Waals surface area contributed by atoms with Crippen LogP contribution in [0.25, 0.3) is 0 Å². The minimum Gasteiger partial charge on any atom is -0.481 e. The zero-order valence-corrected chi connectivity index (χ0v) is 11.1. The van der Waals surface area contributed by atoms with Gasteiger partial charge in [0.05, 0.1) is 5.92 Å². The van der Waals surface area contributed by atoms with Gasteiger partial charge in [-0.15, -0.1) is 0 Å². The fourth-order valence-corrected chi connectivity index (χ4v) is 1.73. The summed E-state index contributed by atoms with van der Waals surface area (Å²) in [5, 5.41) is 8.77. The fraction of sp³-hybridized carbons (Fsp3) is 0.429. The molecule has 1 unspecified atom stereocenters. The zero-order valence-electron chi connectivity index (χ0n) is 11.1. The van der Waals surface area contributed by atoms with Gasteiger partial charge in [0.15, 0.2) is 0 Å². The van der Waals surface area contributed by atoms with E-state index in [9.17, 15) is 14.0 Å². The van der Waals surface area contributed by atoms with Gasteiger partial charge in [0.2, 0.25) is 5.91 Å². The van der Waals surface area contributed by atoms with Crippen molar-refractivity contribution in [2.24, 2.45) is 5.92 Å². The van der Waals surface area contributed by atoms with E-state index in [4.69, 9.17) is 5.11 Å². The van der Waals surface area contributed by atoms with Crippen molar-refractivity contribution in [3.8, 4) is 0 Å². The van der Waals surface area contributed by atoms with Crippen LogP contribution in [-0.2, 0) is 16.0 Å². The Kier molecular flexibility index (Phi) is 5.48. The van der Waals surface area contributed by atoms with E-state index >= 15 is 0 Å². The molecule has 1 N–H and O–H groups in total. The topological polar surface area (TPSA) is 57.6 Å². The van der Waals surface area contributed by atoms with E-state index < -0.39 is 11.9 Å². The Hall–Kier alpha value is -1.91. The van der Waals surface area contributed by atoms with Crippen molar-refractivity contribution in [3.05, 3.63) is 35.6 Å². The third-order valence-corrected chi connectivity index (χ3v) is 2.91. The molecule has 0 aliphatic carbocycles. The van der Waals surface area contributed by atoms with Crippen molar-refractivity contribution in [2.75, 3.05) is 13.6 Å². The minimum atomic E-state index is -0.926. The normalized spacial score (nSPS) is 11.9. The maximum absolute atomic E-state index is 13.0. The summed E-state index contributed by atoms with van der Waals surface area (Å²) < 4.78 is 13.0. The number of amides is 1. The van der Waals surface area contributed by atoms with E-state index in [1.54, 1.807) is 26.1 Å². The second-order valence-electron chi connectivity index (χ2n) is 4.64. The molecule has 4 nitrogen and oxygen atoms in total. The Morgan fingerprint density at radius 3 is 2.68 bits per heavy atom. The lowest BCUT2D eigenvalue weighted by atomic mass is 10.1. The number of hydrogen-bond donors (Lipinski definition) is 1. The Labute approximate surface area is 111 Å². The van der Waals surface area contributed by atoms with E-state index in [1.165, 1.54) is 17.0 Å². The van der Waals surface area contributed by atoms with Gasteiger partial charge in [0, 0.05) is 20.0 Å². The van der Waals surface area contributed by atoms with Gasteiger partial charge in [-0.2, -0.15) is 0 Å². The third kappa shape index (κ3) is 5.07. The highest BCUT2D eigenvalue weighted by Crippen LogP contribution is 2.08. The largest absolute Gasteiger partial charge is 0.481 e. The lowest BCUT2D eigenvalue weighted by molar-refractivity contribution is -0.142. The second kappa shape index (κ2) is 6.87. The van der Waals surface area contributed by atoms with Crippen LogP contribution in [0.2, 0.25) is 0 Å². The number of benzene rings is 1. The van der Waals surface area contributed by atoms with Crippen molar-refractivity contribution in [1.29, 1.82) is 0 Å². The Bertz CT molecular complexity index is 462. The molecule has 1 aromatic carbocycles. The second-order valence-corrected chi connectivity index (χ2v) is 4.64. The van der Waals surface area contributed by atoms with Gasteiger partial charge in [-0.3, -0.25) is 9.59 Å². The van der Waals surface area contributed by atoms with Gasteiger partial charge in [-0.05, 0) is 24.1 Å². The number of carbonyl (C=O) groups excluding carboxylic acids is 1. The van der Waals surface area contributed by atoms with Crippen molar-refractivity contribution in [1.82, 2.24) is 4.90 Å². The molecule has 19 heavy (non-hydrogen) atoms. The van der Waals surface area contributed by atoms with E-state index in [-0.39, 0.29) is 24.7 Å². The summed E-state index contributed by atoms with van der Waals surface area (Å²) in [4.78, 5) is 23.9. The van der Waals surface area contributed by atoms with Gasteiger partial charge in [-0.25, -0.2) is 4.39 Å². The molecule has 0 saturated heterocycles. The van der Waals surface area contributed by atoms with Crippen LogP contribution in [0, 0.1) is 11.7 Å². The van der Waals surface area contributed by atoms with Gasteiger partial charge >= 0.3 is 5.97 Å². The number of aryl methyl sites for hydroxylation is 1. The molecule has 104 valence electrons. The first-order valence-corrected chi connectivity index (χ1v) is 6.11. The summed E-state index contributed by atoms with van der Waals surface area (Å²) in [7, 11) is 1.58. The average molecular weight is 267 g/mol. The zero-order chi connectivity index (χ0) is 14.4. The molecule has 0 fully saturated rings. The Balaban J connectivity index is 2.44. The molecule has 0 aromatic heterocycles. The molecule has 5 heteroatoms. The third-order valence-electron chi connectivity index (χ3n) is 2.91. The van der Waals surface area contributed by atoms with Crippen LogP contribution in [-0.4, -0.2) is 35.5 Å². The summed E-state index contributed by atoms with van der Waals surface area (Å²) >= 11 is 0. The van der Waals surface area contributed by atoms with Crippen LogP contribution in [0.5, 0.6) is 0 Å². The summed E-state index contributed by atoms with van der Waals surface area (Å²) in [5.74, 6) is -1.98. The lowest BCUT2D eigenvalue weighted by Gasteiger charge is -2.19. The first-order valence-electron chi connectivity index (χ1n) is 6.11. The summed E-state index contributed by atoms with van der Waals surface area (Å²) in [6.45, 7) is 1.73. The maximum Gasteiger partial charge on any atom is 0.308 e. The number of aliphatic carboxylic acids is 1. The first kappa shape index (κ1) is 15.1. The van der Waals surface area contributed by atoms with E-state index in [0.29, 0.717) is 6.42 Å². The van der Waals surface area contributed by atoms with Crippen LogP contribution in [0.15, 0.2) is 24.3 Å². The summed E-state index contributed by atoms with van der Waals surface area (Å²) in [6, 6.07) is 6.11. The number of hydrogen-bond acceptors (Lipinski definition) is 2. The fourth-order valence-electron chi connectivity index (χ4n) is 1.73. The maximum atomic E-state index is 13.0. The van der Waals surface area contributed by atoms with E-state index in [1.807, 2.05) is 0 Å². The van der Waals surface area contributed by atoms with Gasteiger partial charge in [-0.1, -0.05) is 19.1 Å². The highest BCUT2D eigenvalue weighted by Gasteiger charge is 2.17. The number of rotatable bonds is 6. The number of nitrogens with zero attached hydrogens (tertiary/aromatic N) is 1. The van der Waals surface area contributed by atoms with Crippen molar-refractivity contribution < 1.29 is 19.1 Å². The van der Waals surface area contributed by atoms with Gasteiger partial charge in [0.25, 0.3) is 0 Å². The molecule has 1 rings (SSSR count). The number of carboxylic acids is 1. The van der Waals surface area contributed by atoms with Crippen molar-refractivity contribution >= 4 is 11.9 Å². The molecular weight excluding hydrogens is 249 g/mol. The lowest BCUT2D eigenvalue weighted by Crippen LogP contribution is -2.33. The highest BCUT2D eigenvalue weighted by atomic mass is 19.1. The first-order chi connectivity index (χ1) is 8.90. The predicted octanol–water partition coefficient (Wildman–Crippen LogP) is 1.94. The van der Waals surface area contributed by atoms with Gasteiger partial charge in [0.1, 0.15) is 5.82 Å². The molecule has 1 atom stereocenters.